The van der Waals surface area contributed by atoms with Gasteiger partial charge in [0.1, 0.15) is 6.04 Å². The van der Waals surface area contributed by atoms with Gasteiger partial charge >= 0.3 is 5.97 Å². The molecule has 2 fully saturated rings. The van der Waals surface area contributed by atoms with E-state index < -0.39 is 12.0 Å². The lowest BCUT2D eigenvalue weighted by Crippen LogP contribution is -2.56. The maximum Gasteiger partial charge on any atom is 0.326 e. The molecule has 0 bridgehead atoms. The molecule has 1 aliphatic heterocycles. The molecular formula is C12H19N5O2. The molecule has 104 valence electrons. The van der Waals surface area contributed by atoms with Crippen LogP contribution in [0.2, 0.25) is 0 Å². The van der Waals surface area contributed by atoms with Crippen molar-refractivity contribution in [3.8, 4) is 0 Å². The van der Waals surface area contributed by atoms with Gasteiger partial charge in [0.2, 0.25) is 5.95 Å². The number of hydrogen-bond acceptors (Lipinski definition) is 5. The Hall–Kier alpha value is -1.66. The van der Waals surface area contributed by atoms with Gasteiger partial charge in [-0.3, -0.25) is 0 Å². The van der Waals surface area contributed by atoms with Gasteiger partial charge in [0.25, 0.3) is 0 Å². The molecule has 2 heterocycles. The predicted molar refractivity (Wildman–Crippen MR) is 67.7 cm³/mol. The molecule has 7 heteroatoms. The molecule has 1 aromatic heterocycles. The van der Waals surface area contributed by atoms with Crippen LogP contribution in [0.3, 0.4) is 0 Å². The third kappa shape index (κ3) is 2.06. The zero-order valence-electron chi connectivity index (χ0n) is 11.1. The first-order valence-corrected chi connectivity index (χ1v) is 6.92. The first-order chi connectivity index (χ1) is 9.18. The minimum atomic E-state index is -0.771. The summed E-state index contributed by atoms with van der Waals surface area (Å²) in [4.78, 5) is 13.5. The van der Waals surface area contributed by atoms with Crippen LogP contribution in [0.25, 0.3) is 0 Å². The number of piperidine rings is 1. The van der Waals surface area contributed by atoms with Crippen LogP contribution in [0, 0.1) is 5.92 Å². The van der Waals surface area contributed by atoms with E-state index in [0.717, 1.165) is 19.3 Å². The van der Waals surface area contributed by atoms with Gasteiger partial charge in [0.05, 0.1) is 0 Å². The number of rotatable bonds is 2. The van der Waals surface area contributed by atoms with E-state index in [1.807, 2.05) is 4.90 Å². The lowest BCUT2D eigenvalue weighted by molar-refractivity contribution is -0.139. The SMILES string of the molecule is Cn1nnnc1N1C(C(=O)O)CCC2CCCCC21. The van der Waals surface area contributed by atoms with E-state index in [0.29, 0.717) is 18.3 Å². The Morgan fingerprint density at radius 1 is 1.26 bits per heavy atom. The van der Waals surface area contributed by atoms with Crippen LogP contribution >= 0.6 is 0 Å². The smallest absolute Gasteiger partial charge is 0.326 e. The molecule has 1 saturated heterocycles. The van der Waals surface area contributed by atoms with Crippen molar-refractivity contribution in [1.29, 1.82) is 0 Å². The van der Waals surface area contributed by atoms with Crippen LogP contribution in [0.1, 0.15) is 38.5 Å². The zero-order valence-corrected chi connectivity index (χ0v) is 11.1. The Morgan fingerprint density at radius 2 is 2.05 bits per heavy atom. The molecule has 0 amide bonds. The van der Waals surface area contributed by atoms with Gasteiger partial charge in [0.15, 0.2) is 0 Å². The van der Waals surface area contributed by atoms with E-state index in [4.69, 9.17) is 0 Å². The van der Waals surface area contributed by atoms with E-state index in [1.54, 1.807) is 11.7 Å². The molecule has 3 unspecified atom stereocenters. The monoisotopic (exact) mass is 265 g/mol. The summed E-state index contributed by atoms with van der Waals surface area (Å²) in [6.45, 7) is 0. The number of fused-ring (bicyclic) bond motifs is 1. The Bertz CT molecular complexity index is 474. The minimum Gasteiger partial charge on any atom is -0.480 e. The van der Waals surface area contributed by atoms with Crippen molar-refractivity contribution >= 4 is 11.9 Å². The van der Waals surface area contributed by atoms with Gasteiger partial charge in [-0.2, -0.15) is 0 Å². The molecule has 2 aliphatic rings. The van der Waals surface area contributed by atoms with Crippen LogP contribution in [0.5, 0.6) is 0 Å². The van der Waals surface area contributed by atoms with E-state index in [2.05, 4.69) is 15.5 Å². The van der Waals surface area contributed by atoms with Crippen LogP contribution in [0.4, 0.5) is 5.95 Å². The summed E-state index contributed by atoms with van der Waals surface area (Å²) < 4.78 is 1.58. The largest absolute Gasteiger partial charge is 0.480 e. The standard InChI is InChI=1S/C12H19N5O2/c1-16-12(13-14-15-16)17-9-5-3-2-4-8(9)6-7-10(17)11(18)19/h8-10H,2-7H2,1H3,(H,18,19). The molecule has 3 atom stereocenters. The number of hydrogen-bond donors (Lipinski definition) is 1. The number of carboxylic acids is 1. The maximum atomic E-state index is 11.5. The fraction of sp³-hybridized carbons (Fsp3) is 0.833. The third-order valence-corrected chi connectivity index (χ3v) is 4.49. The molecule has 1 aliphatic carbocycles. The lowest BCUT2D eigenvalue weighted by atomic mass is 9.76. The van der Waals surface area contributed by atoms with Crippen molar-refractivity contribution in [2.24, 2.45) is 13.0 Å². The molecule has 1 N–H and O–H groups in total. The van der Waals surface area contributed by atoms with Crippen molar-refractivity contribution in [2.45, 2.75) is 50.6 Å². The van der Waals surface area contributed by atoms with Crippen molar-refractivity contribution in [3.63, 3.8) is 0 Å². The molecule has 7 nitrogen and oxygen atoms in total. The van der Waals surface area contributed by atoms with E-state index in [1.165, 1.54) is 12.8 Å². The fourth-order valence-electron chi connectivity index (χ4n) is 3.61. The van der Waals surface area contributed by atoms with Crippen molar-refractivity contribution in [1.82, 2.24) is 20.2 Å². The number of aliphatic carboxylic acids is 1. The molecule has 3 rings (SSSR count). The van der Waals surface area contributed by atoms with E-state index in [-0.39, 0.29) is 6.04 Å². The fourth-order valence-corrected chi connectivity index (χ4v) is 3.61. The highest BCUT2D eigenvalue weighted by Crippen LogP contribution is 2.39. The molecule has 19 heavy (non-hydrogen) atoms. The molecule has 0 spiro atoms. The second kappa shape index (κ2) is 4.79. The second-order valence-corrected chi connectivity index (χ2v) is 5.55. The van der Waals surface area contributed by atoms with Crippen LogP contribution < -0.4 is 4.90 Å². The Kier molecular flexibility index (Phi) is 3.12. The van der Waals surface area contributed by atoms with Gasteiger partial charge in [-0.1, -0.05) is 17.9 Å². The molecule has 1 aromatic rings. The van der Waals surface area contributed by atoms with E-state index in [9.17, 15) is 9.90 Å². The minimum absolute atomic E-state index is 0.272. The number of aryl methyl sites for hydroxylation is 1. The topological polar surface area (TPSA) is 84.1 Å². The summed E-state index contributed by atoms with van der Waals surface area (Å²) in [5.74, 6) is 0.400. The number of nitrogens with zero attached hydrogens (tertiary/aromatic N) is 5. The highest BCUT2D eigenvalue weighted by molar-refractivity contribution is 5.77. The lowest BCUT2D eigenvalue weighted by Gasteiger charge is -2.47. The average Bonchev–Trinajstić information content (AvgIpc) is 2.83. The molecule has 1 saturated carbocycles. The zero-order chi connectivity index (χ0) is 13.4. The van der Waals surface area contributed by atoms with Crippen molar-refractivity contribution in [2.75, 3.05) is 4.90 Å². The van der Waals surface area contributed by atoms with Gasteiger partial charge in [-0.05, 0) is 42.0 Å². The quantitative estimate of drug-likeness (QED) is 0.852. The highest BCUT2D eigenvalue weighted by atomic mass is 16.4. The van der Waals surface area contributed by atoms with Gasteiger partial charge < -0.3 is 10.0 Å². The Balaban J connectivity index is 1.97. The van der Waals surface area contributed by atoms with Gasteiger partial charge in [0, 0.05) is 13.1 Å². The predicted octanol–water partition coefficient (Wildman–Crippen LogP) is 0.822. The maximum absolute atomic E-state index is 11.5. The first kappa shape index (κ1) is 12.4. The highest BCUT2D eigenvalue weighted by Gasteiger charge is 2.43. The normalized spacial score (nSPS) is 31.0. The summed E-state index contributed by atoms with van der Waals surface area (Å²) in [6.07, 6.45) is 6.34. The second-order valence-electron chi connectivity index (χ2n) is 5.55. The number of carbonyl (C=O) groups is 1. The summed E-state index contributed by atoms with van der Waals surface area (Å²) in [7, 11) is 1.76. The van der Waals surface area contributed by atoms with Crippen molar-refractivity contribution < 1.29 is 9.90 Å². The average molecular weight is 265 g/mol. The summed E-state index contributed by atoms with van der Waals surface area (Å²) in [6, 6.07) is -0.225. The number of carboxylic acid groups (broad SMARTS) is 1. The summed E-state index contributed by atoms with van der Waals surface area (Å²) in [5.41, 5.74) is 0. The van der Waals surface area contributed by atoms with E-state index >= 15 is 0 Å². The molecule has 0 aromatic carbocycles. The molecule has 0 radical (unpaired) electrons. The number of aromatic nitrogens is 4. The van der Waals surface area contributed by atoms with Crippen molar-refractivity contribution in [3.05, 3.63) is 0 Å². The summed E-state index contributed by atoms with van der Waals surface area (Å²) in [5, 5.41) is 21.0. The number of anilines is 1. The molecular weight excluding hydrogens is 246 g/mol. The van der Waals surface area contributed by atoms with Gasteiger partial charge in [-0.25, -0.2) is 9.48 Å². The van der Waals surface area contributed by atoms with Gasteiger partial charge in [-0.15, -0.1) is 0 Å². The third-order valence-electron chi connectivity index (χ3n) is 4.49. The Labute approximate surface area is 111 Å². The number of tetrazole rings is 1. The Morgan fingerprint density at radius 3 is 2.74 bits per heavy atom. The van der Waals surface area contributed by atoms with Crippen LogP contribution in [0.15, 0.2) is 0 Å². The summed E-state index contributed by atoms with van der Waals surface area (Å²) >= 11 is 0. The van der Waals surface area contributed by atoms with Crippen LogP contribution in [-0.4, -0.2) is 43.4 Å². The first-order valence-electron chi connectivity index (χ1n) is 6.92. The van der Waals surface area contributed by atoms with Crippen LogP contribution in [-0.2, 0) is 11.8 Å².